The number of aryl methyl sites for hydroxylation is 3. The van der Waals surface area contributed by atoms with Gasteiger partial charge in [-0.3, -0.25) is 9.59 Å². The van der Waals surface area contributed by atoms with Crippen LogP contribution in [0.3, 0.4) is 0 Å². The summed E-state index contributed by atoms with van der Waals surface area (Å²) in [5.74, 6) is 2.27. The van der Waals surface area contributed by atoms with Gasteiger partial charge in [-0.25, -0.2) is 0 Å². The van der Waals surface area contributed by atoms with Gasteiger partial charge < -0.3 is 14.8 Å². The van der Waals surface area contributed by atoms with Crippen molar-refractivity contribution < 1.29 is 4.79 Å². The number of aromatic amines is 1. The second-order valence-electron chi connectivity index (χ2n) is 11.4. The summed E-state index contributed by atoms with van der Waals surface area (Å²) in [4.78, 5) is 36.6. The molecular weight excluding hydrogens is 454 g/mol. The molecule has 1 aliphatic carbocycles. The minimum absolute atomic E-state index is 0.0697. The van der Waals surface area contributed by atoms with Gasteiger partial charge in [0.25, 0.3) is 11.5 Å². The summed E-state index contributed by atoms with van der Waals surface area (Å²) >= 11 is 1.89. The average Bonchev–Trinajstić information content (AvgIpc) is 3.03. The van der Waals surface area contributed by atoms with E-state index in [1.54, 1.807) is 0 Å². The van der Waals surface area contributed by atoms with Crippen molar-refractivity contribution in [3.8, 4) is 0 Å². The first-order chi connectivity index (χ1) is 16.8. The maximum atomic E-state index is 13.8. The molecule has 2 aromatic rings. The lowest BCUT2D eigenvalue weighted by atomic mass is 9.81. The lowest BCUT2D eigenvalue weighted by Gasteiger charge is -2.38. The highest BCUT2D eigenvalue weighted by Crippen LogP contribution is 2.42. The van der Waals surface area contributed by atoms with Crippen molar-refractivity contribution in [1.82, 2.24) is 14.8 Å². The predicted molar refractivity (Wildman–Crippen MR) is 144 cm³/mol. The van der Waals surface area contributed by atoms with E-state index in [-0.39, 0.29) is 11.5 Å². The van der Waals surface area contributed by atoms with E-state index >= 15 is 0 Å². The fourth-order valence-electron chi connectivity index (χ4n) is 6.48. The van der Waals surface area contributed by atoms with Gasteiger partial charge in [-0.1, -0.05) is 13.3 Å². The molecule has 1 saturated carbocycles. The number of pyridine rings is 1. The molecule has 1 amide bonds. The summed E-state index contributed by atoms with van der Waals surface area (Å²) in [6.45, 7) is 13.3. The molecule has 2 aliphatic heterocycles. The van der Waals surface area contributed by atoms with Crippen LogP contribution in [0, 0.1) is 32.6 Å². The van der Waals surface area contributed by atoms with Crippen molar-refractivity contribution in [3.05, 3.63) is 54.1 Å². The Balaban J connectivity index is 1.31. The quantitative estimate of drug-likeness (QED) is 0.570. The lowest BCUT2D eigenvalue weighted by Crippen LogP contribution is -2.39. The van der Waals surface area contributed by atoms with Crippen LogP contribution >= 0.6 is 11.3 Å². The van der Waals surface area contributed by atoms with Crippen molar-refractivity contribution >= 4 is 17.2 Å². The van der Waals surface area contributed by atoms with E-state index in [2.05, 4.69) is 23.7 Å². The smallest absolute Gasteiger partial charge is 0.255 e. The zero-order valence-corrected chi connectivity index (χ0v) is 22.7. The topological polar surface area (TPSA) is 56.4 Å². The number of likely N-dealkylation sites (tertiary alicyclic amines) is 1. The van der Waals surface area contributed by atoms with Crippen LogP contribution in [0.15, 0.2) is 10.9 Å². The van der Waals surface area contributed by atoms with Crippen LogP contribution < -0.4 is 5.56 Å². The van der Waals surface area contributed by atoms with E-state index in [9.17, 15) is 9.59 Å². The van der Waals surface area contributed by atoms with E-state index < -0.39 is 0 Å². The molecule has 6 heteroatoms. The Kier molecular flexibility index (Phi) is 7.23. The van der Waals surface area contributed by atoms with Gasteiger partial charge in [0, 0.05) is 34.1 Å². The van der Waals surface area contributed by atoms with Gasteiger partial charge in [-0.2, -0.15) is 0 Å². The first kappa shape index (κ1) is 24.8. The number of amides is 1. The van der Waals surface area contributed by atoms with Crippen molar-refractivity contribution in [2.24, 2.45) is 11.8 Å². The van der Waals surface area contributed by atoms with Crippen LogP contribution in [0.1, 0.15) is 93.9 Å². The Morgan fingerprint density at radius 1 is 1.06 bits per heavy atom. The van der Waals surface area contributed by atoms with Gasteiger partial charge in [-0.05, 0) is 107 Å². The molecule has 0 bridgehead atoms. The second kappa shape index (κ2) is 10.2. The predicted octanol–water partition coefficient (Wildman–Crippen LogP) is 5.57. The fourth-order valence-corrected chi connectivity index (χ4v) is 7.97. The molecule has 2 fully saturated rings. The van der Waals surface area contributed by atoms with Crippen molar-refractivity contribution in [2.75, 3.05) is 26.2 Å². The summed E-state index contributed by atoms with van der Waals surface area (Å²) in [6, 6.07) is 2.00. The number of piperidine rings is 1. The number of fused-ring (bicyclic) bond motifs is 1. The number of nitrogens with zero attached hydrogens (tertiary/aromatic N) is 2. The van der Waals surface area contributed by atoms with E-state index in [0.717, 1.165) is 35.6 Å². The highest BCUT2D eigenvalue weighted by Gasteiger charge is 2.33. The maximum absolute atomic E-state index is 13.8. The van der Waals surface area contributed by atoms with Gasteiger partial charge >= 0.3 is 0 Å². The molecule has 0 radical (unpaired) electrons. The maximum Gasteiger partial charge on any atom is 0.255 e. The van der Waals surface area contributed by atoms with Gasteiger partial charge in [0.1, 0.15) is 0 Å². The molecule has 3 aliphatic rings. The minimum atomic E-state index is -0.0697. The van der Waals surface area contributed by atoms with Crippen molar-refractivity contribution in [3.63, 3.8) is 0 Å². The molecule has 1 atom stereocenters. The molecule has 1 unspecified atom stereocenters. The fraction of sp³-hybridized carbons (Fsp3) is 0.655. The number of nitrogens with one attached hydrogen (secondary N) is 1. The zero-order chi connectivity index (χ0) is 24.7. The van der Waals surface area contributed by atoms with E-state index in [1.165, 1.54) is 67.1 Å². The highest BCUT2D eigenvalue weighted by molar-refractivity contribution is 7.12. The number of hydrogen-bond donors (Lipinski definition) is 1. The molecule has 5 rings (SSSR count). The van der Waals surface area contributed by atoms with Crippen LogP contribution in [0.4, 0.5) is 0 Å². The Bertz CT molecular complexity index is 1140. The molecule has 1 N–H and O–H groups in total. The average molecular weight is 496 g/mol. The summed E-state index contributed by atoms with van der Waals surface area (Å²) in [5, 5.41) is 0. The lowest BCUT2D eigenvalue weighted by molar-refractivity contribution is 0.0747. The number of rotatable bonds is 6. The molecule has 4 heterocycles. The number of hydrogen-bond acceptors (Lipinski definition) is 4. The van der Waals surface area contributed by atoms with E-state index in [4.69, 9.17) is 0 Å². The van der Waals surface area contributed by atoms with Crippen LogP contribution in [-0.4, -0.2) is 46.9 Å². The first-order valence-electron chi connectivity index (χ1n) is 13.6. The Hall–Kier alpha value is -1.92. The first-order valence-corrected chi connectivity index (χ1v) is 14.5. The molecule has 35 heavy (non-hydrogen) atoms. The summed E-state index contributed by atoms with van der Waals surface area (Å²) in [5.41, 5.74) is 4.59. The SMILES string of the molecule is Cc1cc(C)c(CN2CCCc3sc(C(C)C4CCN(CC5CCC5)CC4)c(C)c3C2=O)c(=O)[nH]1. The zero-order valence-electron chi connectivity index (χ0n) is 21.9. The Labute approximate surface area is 213 Å². The largest absolute Gasteiger partial charge is 0.334 e. The Morgan fingerprint density at radius 2 is 1.80 bits per heavy atom. The standard InChI is InChI=1S/C29H41N3O2S/c1-18-15-19(2)30-28(33)24(18)17-32-12-6-9-25-26(29(32)34)21(4)27(35-25)20(3)23-10-13-31(14-11-23)16-22-7-5-8-22/h15,20,22-23H,5-14,16-17H2,1-4H3,(H,30,33). The third-order valence-corrected chi connectivity index (χ3v) is 10.5. The van der Waals surface area contributed by atoms with Crippen molar-refractivity contribution in [1.29, 1.82) is 0 Å². The van der Waals surface area contributed by atoms with Crippen LogP contribution in [0.5, 0.6) is 0 Å². The molecule has 0 aromatic carbocycles. The molecule has 5 nitrogen and oxygen atoms in total. The van der Waals surface area contributed by atoms with E-state index in [0.29, 0.717) is 30.5 Å². The number of aromatic nitrogens is 1. The second-order valence-corrected chi connectivity index (χ2v) is 12.5. The molecule has 2 aromatic heterocycles. The van der Waals surface area contributed by atoms with E-state index in [1.807, 2.05) is 36.2 Å². The number of carbonyl (C=O) groups is 1. The summed E-state index contributed by atoms with van der Waals surface area (Å²) < 4.78 is 0. The highest BCUT2D eigenvalue weighted by atomic mass is 32.1. The summed E-state index contributed by atoms with van der Waals surface area (Å²) in [7, 11) is 0. The third-order valence-electron chi connectivity index (χ3n) is 8.93. The molecule has 190 valence electrons. The normalized spacial score (nSPS) is 21.0. The molecule has 1 saturated heterocycles. The minimum Gasteiger partial charge on any atom is -0.334 e. The van der Waals surface area contributed by atoms with Crippen LogP contribution in [0.25, 0.3) is 0 Å². The van der Waals surface area contributed by atoms with Crippen molar-refractivity contribution in [2.45, 2.75) is 85.1 Å². The molecule has 0 spiro atoms. The van der Waals surface area contributed by atoms with Gasteiger partial charge in [-0.15, -0.1) is 11.3 Å². The van der Waals surface area contributed by atoms with Gasteiger partial charge in [0.15, 0.2) is 0 Å². The van der Waals surface area contributed by atoms with Gasteiger partial charge in [0.05, 0.1) is 12.1 Å². The third kappa shape index (κ3) is 5.01. The monoisotopic (exact) mass is 495 g/mol. The number of H-pyrrole nitrogens is 1. The summed E-state index contributed by atoms with van der Waals surface area (Å²) in [6.07, 6.45) is 8.74. The molecular formula is C29H41N3O2S. The Morgan fingerprint density at radius 3 is 2.46 bits per heavy atom. The number of carbonyl (C=O) groups excluding carboxylic acids is 1. The van der Waals surface area contributed by atoms with Gasteiger partial charge in [0.2, 0.25) is 0 Å². The van der Waals surface area contributed by atoms with Crippen LogP contribution in [0.2, 0.25) is 0 Å². The number of thiophene rings is 1. The van der Waals surface area contributed by atoms with Crippen LogP contribution in [-0.2, 0) is 13.0 Å².